The van der Waals surface area contributed by atoms with E-state index < -0.39 is 11.2 Å². The number of benzene rings is 2. The summed E-state index contributed by atoms with van der Waals surface area (Å²) in [5.41, 5.74) is 2.39. The fraction of sp³-hybridized carbons (Fsp3) is 0.208. The maximum atomic E-state index is 13.0. The average molecular weight is 445 g/mol. The molecule has 0 saturated heterocycles. The van der Waals surface area contributed by atoms with E-state index in [1.165, 1.54) is 11.6 Å². The van der Waals surface area contributed by atoms with Crippen LogP contribution in [0, 0.1) is 0 Å². The molecule has 0 N–H and O–H groups in total. The second-order valence-corrected chi connectivity index (χ2v) is 7.67. The first-order chi connectivity index (χ1) is 15.9. The number of aryl methyl sites for hydroxylation is 1. The summed E-state index contributed by atoms with van der Waals surface area (Å²) >= 11 is 0. The lowest BCUT2D eigenvalue weighted by atomic mass is 10.1. The maximum Gasteiger partial charge on any atom is 0.332 e. The molecular formula is C24H23N5O4. The topological polar surface area (TPSA) is 84.7 Å². The standard InChI is InChI=1S/C24H23N5O4/c1-5-33-17-11-9-15(10-12-17)19-14-28-20-21(26(2)24(31)27(3)22(20)30)25-23(28)29(19)16-7-6-8-18(13-16)32-4/h6-14H,5H2,1-4H3. The quantitative estimate of drug-likeness (QED) is 0.415. The van der Waals surface area contributed by atoms with Crippen LogP contribution in [0.3, 0.4) is 0 Å². The number of methoxy groups -OCH3 is 1. The van der Waals surface area contributed by atoms with Gasteiger partial charge in [-0.15, -0.1) is 0 Å². The zero-order chi connectivity index (χ0) is 23.3. The number of imidazole rings is 2. The minimum Gasteiger partial charge on any atom is -0.497 e. The number of fused-ring (bicyclic) bond motifs is 3. The largest absolute Gasteiger partial charge is 0.497 e. The third-order valence-electron chi connectivity index (χ3n) is 5.74. The number of nitrogens with zero attached hydrogens (tertiary/aromatic N) is 5. The van der Waals surface area contributed by atoms with Crippen LogP contribution >= 0.6 is 0 Å². The van der Waals surface area contributed by atoms with Gasteiger partial charge >= 0.3 is 5.69 Å². The van der Waals surface area contributed by atoms with E-state index in [0.29, 0.717) is 29.3 Å². The molecule has 0 radical (unpaired) electrons. The van der Waals surface area contributed by atoms with Gasteiger partial charge in [-0.3, -0.25) is 22.9 Å². The van der Waals surface area contributed by atoms with E-state index in [-0.39, 0.29) is 0 Å². The Morgan fingerprint density at radius 1 is 0.970 bits per heavy atom. The molecule has 0 fully saturated rings. The molecule has 0 unspecified atom stereocenters. The van der Waals surface area contributed by atoms with E-state index in [4.69, 9.17) is 14.5 Å². The van der Waals surface area contributed by atoms with Crippen molar-refractivity contribution >= 4 is 16.9 Å². The second-order valence-electron chi connectivity index (χ2n) is 7.67. The Bertz CT molecular complexity index is 1620. The zero-order valence-corrected chi connectivity index (χ0v) is 18.8. The fourth-order valence-electron chi connectivity index (χ4n) is 4.07. The summed E-state index contributed by atoms with van der Waals surface area (Å²) in [5, 5.41) is 0. The maximum absolute atomic E-state index is 13.0. The van der Waals surface area contributed by atoms with Crippen molar-refractivity contribution in [1.29, 1.82) is 0 Å². The van der Waals surface area contributed by atoms with Crippen molar-refractivity contribution in [3.63, 3.8) is 0 Å². The molecule has 33 heavy (non-hydrogen) atoms. The van der Waals surface area contributed by atoms with Gasteiger partial charge in [-0.05, 0) is 43.3 Å². The third-order valence-corrected chi connectivity index (χ3v) is 5.74. The van der Waals surface area contributed by atoms with Crippen molar-refractivity contribution in [2.24, 2.45) is 14.1 Å². The summed E-state index contributed by atoms with van der Waals surface area (Å²) in [4.78, 5) is 30.2. The highest BCUT2D eigenvalue weighted by Crippen LogP contribution is 2.31. The lowest BCUT2D eigenvalue weighted by Gasteiger charge is -2.11. The summed E-state index contributed by atoms with van der Waals surface area (Å²) in [7, 11) is 4.69. The van der Waals surface area contributed by atoms with Crippen LogP contribution in [0.2, 0.25) is 0 Å². The first-order valence-corrected chi connectivity index (χ1v) is 10.5. The highest BCUT2D eigenvalue weighted by molar-refractivity contribution is 5.79. The summed E-state index contributed by atoms with van der Waals surface area (Å²) in [6, 6.07) is 15.3. The van der Waals surface area contributed by atoms with E-state index >= 15 is 0 Å². The minimum absolute atomic E-state index is 0.327. The van der Waals surface area contributed by atoms with Gasteiger partial charge in [-0.25, -0.2) is 4.79 Å². The summed E-state index contributed by atoms with van der Waals surface area (Å²) in [6.07, 6.45) is 1.87. The lowest BCUT2D eigenvalue weighted by molar-refractivity contribution is 0.340. The number of ether oxygens (including phenoxy) is 2. The van der Waals surface area contributed by atoms with Crippen molar-refractivity contribution in [3.8, 4) is 28.4 Å². The SMILES string of the molecule is CCOc1ccc(-c2cn3c4c(=O)n(C)c(=O)n(C)c4nc3n2-c2cccc(OC)c2)cc1. The molecule has 0 bridgehead atoms. The molecule has 168 valence electrons. The van der Waals surface area contributed by atoms with E-state index in [2.05, 4.69) is 0 Å². The monoisotopic (exact) mass is 445 g/mol. The van der Waals surface area contributed by atoms with Gasteiger partial charge in [0.05, 0.1) is 25.1 Å². The Morgan fingerprint density at radius 2 is 1.73 bits per heavy atom. The Labute approximate surface area is 188 Å². The van der Waals surface area contributed by atoms with Crippen LogP contribution in [-0.4, -0.2) is 36.8 Å². The molecule has 9 nitrogen and oxygen atoms in total. The van der Waals surface area contributed by atoms with Crippen molar-refractivity contribution in [2.75, 3.05) is 13.7 Å². The van der Waals surface area contributed by atoms with Gasteiger partial charge in [0.15, 0.2) is 11.2 Å². The van der Waals surface area contributed by atoms with Gasteiger partial charge < -0.3 is 9.47 Å². The van der Waals surface area contributed by atoms with Gasteiger partial charge in [0.2, 0.25) is 5.78 Å². The molecule has 0 aliphatic carbocycles. The normalized spacial score (nSPS) is 11.4. The van der Waals surface area contributed by atoms with E-state index in [1.54, 1.807) is 18.6 Å². The number of hydrogen-bond acceptors (Lipinski definition) is 5. The summed E-state index contributed by atoms with van der Waals surface area (Å²) in [5.74, 6) is 1.98. The van der Waals surface area contributed by atoms with Gasteiger partial charge in [0.1, 0.15) is 11.5 Å². The highest BCUT2D eigenvalue weighted by Gasteiger charge is 2.22. The zero-order valence-electron chi connectivity index (χ0n) is 18.8. The molecule has 0 aliphatic heterocycles. The van der Waals surface area contributed by atoms with Crippen LogP contribution in [0.1, 0.15) is 6.92 Å². The molecule has 9 heteroatoms. The molecule has 0 spiro atoms. The number of rotatable bonds is 5. The highest BCUT2D eigenvalue weighted by atomic mass is 16.5. The van der Waals surface area contributed by atoms with Crippen LogP contribution in [-0.2, 0) is 14.1 Å². The average Bonchev–Trinajstić information content (AvgIpc) is 3.38. The smallest absolute Gasteiger partial charge is 0.332 e. The number of hydrogen-bond donors (Lipinski definition) is 0. The second kappa shape index (κ2) is 7.70. The van der Waals surface area contributed by atoms with Crippen LogP contribution in [0.4, 0.5) is 0 Å². The molecule has 5 aromatic rings. The molecule has 5 rings (SSSR count). The molecule has 3 heterocycles. The molecule has 0 atom stereocenters. The summed E-state index contributed by atoms with van der Waals surface area (Å²) < 4.78 is 17.2. The predicted octanol–water partition coefficient (Wildman–Crippen LogP) is 2.75. The van der Waals surface area contributed by atoms with Crippen LogP contribution in [0.25, 0.3) is 33.9 Å². The molecule has 0 amide bonds. The minimum atomic E-state index is -0.423. The Balaban J connectivity index is 1.88. The van der Waals surface area contributed by atoms with Crippen molar-refractivity contribution in [2.45, 2.75) is 6.92 Å². The van der Waals surface area contributed by atoms with Crippen LogP contribution < -0.4 is 20.7 Å². The van der Waals surface area contributed by atoms with Crippen molar-refractivity contribution < 1.29 is 9.47 Å². The first-order valence-electron chi connectivity index (χ1n) is 10.5. The molecule has 0 aliphatic rings. The fourth-order valence-corrected chi connectivity index (χ4v) is 4.07. The third kappa shape index (κ3) is 3.12. The Hall–Kier alpha value is -4.27. The van der Waals surface area contributed by atoms with Crippen LogP contribution in [0.5, 0.6) is 11.5 Å². The van der Waals surface area contributed by atoms with Gasteiger partial charge in [-0.1, -0.05) is 6.07 Å². The van der Waals surface area contributed by atoms with E-state index in [1.807, 2.05) is 66.2 Å². The van der Waals surface area contributed by atoms with E-state index in [0.717, 1.165) is 27.3 Å². The Morgan fingerprint density at radius 3 is 2.42 bits per heavy atom. The van der Waals surface area contributed by atoms with Gasteiger partial charge in [-0.2, -0.15) is 4.98 Å². The van der Waals surface area contributed by atoms with Gasteiger partial charge in [0.25, 0.3) is 5.56 Å². The molecular weight excluding hydrogens is 422 g/mol. The van der Waals surface area contributed by atoms with Gasteiger partial charge in [0, 0.05) is 31.9 Å². The molecule has 0 saturated carbocycles. The lowest BCUT2D eigenvalue weighted by Crippen LogP contribution is -2.37. The molecule has 2 aromatic carbocycles. The first kappa shape index (κ1) is 20.6. The van der Waals surface area contributed by atoms with E-state index in [9.17, 15) is 9.59 Å². The Kier molecular flexibility index (Phi) is 4.81. The summed E-state index contributed by atoms with van der Waals surface area (Å²) in [6.45, 7) is 2.52. The predicted molar refractivity (Wildman–Crippen MR) is 126 cm³/mol. The number of aromatic nitrogens is 5. The van der Waals surface area contributed by atoms with Crippen LogP contribution in [0.15, 0.2) is 64.3 Å². The molecule has 3 aromatic heterocycles. The van der Waals surface area contributed by atoms with Crippen molar-refractivity contribution in [1.82, 2.24) is 23.1 Å². The van der Waals surface area contributed by atoms with Crippen molar-refractivity contribution in [3.05, 3.63) is 75.6 Å².